The first-order valence-electron chi connectivity index (χ1n) is 14.4. The zero-order valence-corrected chi connectivity index (χ0v) is 24.0. The Bertz CT molecular complexity index is 1120. The molecule has 0 aliphatic heterocycles. The van der Waals surface area contributed by atoms with Crippen LogP contribution in [0.25, 0.3) is 11.1 Å². The van der Waals surface area contributed by atoms with Crippen LogP contribution in [0.15, 0.2) is 84.9 Å². The minimum absolute atomic E-state index is 0.00988. The van der Waals surface area contributed by atoms with Gasteiger partial charge in [0.1, 0.15) is 6.61 Å². The number of ether oxygens (including phenoxy) is 2. The molecule has 0 spiro atoms. The zero-order valence-electron chi connectivity index (χ0n) is 24.0. The molecule has 0 bridgehead atoms. The van der Waals surface area contributed by atoms with E-state index in [-0.39, 0.29) is 30.9 Å². The van der Waals surface area contributed by atoms with E-state index in [4.69, 9.17) is 9.47 Å². The molecule has 0 saturated heterocycles. The van der Waals surface area contributed by atoms with E-state index >= 15 is 0 Å². The number of rotatable bonds is 18. The van der Waals surface area contributed by atoms with Gasteiger partial charge in [-0.05, 0) is 49.2 Å². The molecule has 214 valence electrons. The summed E-state index contributed by atoms with van der Waals surface area (Å²) in [5.74, 6) is -0.313. The Hall–Kier alpha value is -3.48. The summed E-state index contributed by atoms with van der Waals surface area (Å²) >= 11 is 0. The third kappa shape index (κ3) is 12.6. The van der Waals surface area contributed by atoms with Crippen LogP contribution in [0.4, 0.5) is 0 Å². The van der Waals surface area contributed by atoms with Crippen molar-refractivity contribution in [2.45, 2.75) is 64.2 Å². The summed E-state index contributed by atoms with van der Waals surface area (Å²) in [4.78, 5) is 26.8. The van der Waals surface area contributed by atoms with Gasteiger partial charge < -0.3 is 19.7 Å². The van der Waals surface area contributed by atoms with Gasteiger partial charge >= 0.3 is 5.97 Å². The third-order valence-corrected chi connectivity index (χ3v) is 6.63. The van der Waals surface area contributed by atoms with Crippen LogP contribution in [0, 0.1) is 0 Å². The Morgan fingerprint density at radius 2 is 1.32 bits per heavy atom. The average Bonchev–Trinajstić information content (AvgIpc) is 2.96. The lowest BCUT2D eigenvalue weighted by Crippen LogP contribution is -2.43. The zero-order chi connectivity index (χ0) is 28.4. The van der Waals surface area contributed by atoms with Crippen LogP contribution in [0.3, 0.4) is 0 Å². The molecular formula is C34H44N2O4. The second-order valence-corrected chi connectivity index (χ2v) is 10.5. The number of nitrogens with zero attached hydrogens (tertiary/aromatic N) is 1. The maximum absolute atomic E-state index is 12.5. The molecule has 0 aliphatic rings. The van der Waals surface area contributed by atoms with E-state index in [2.05, 4.69) is 53.8 Å². The van der Waals surface area contributed by atoms with E-state index in [1.807, 2.05) is 55.4 Å². The number of unbranched alkanes of at least 4 members (excludes halogenated alkanes) is 4. The molecule has 1 unspecified atom stereocenters. The van der Waals surface area contributed by atoms with Gasteiger partial charge in [-0.25, -0.2) is 0 Å². The van der Waals surface area contributed by atoms with E-state index in [1.54, 1.807) is 0 Å². The molecular weight excluding hydrogens is 500 g/mol. The van der Waals surface area contributed by atoms with Crippen molar-refractivity contribution in [3.05, 3.63) is 96.1 Å². The monoisotopic (exact) mass is 544 g/mol. The first-order chi connectivity index (χ1) is 19.5. The highest BCUT2D eigenvalue weighted by Gasteiger charge is 2.18. The van der Waals surface area contributed by atoms with E-state index in [1.165, 1.54) is 16.7 Å². The van der Waals surface area contributed by atoms with Crippen LogP contribution >= 0.6 is 0 Å². The second kappa shape index (κ2) is 18.0. The normalized spacial score (nSPS) is 11.8. The molecule has 3 rings (SSSR count). The summed E-state index contributed by atoms with van der Waals surface area (Å²) < 4.78 is 11.3. The van der Waals surface area contributed by atoms with Gasteiger partial charge in [-0.3, -0.25) is 9.59 Å². The van der Waals surface area contributed by atoms with Gasteiger partial charge in [0.2, 0.25) is 5.91 Å². The molecule has 6 nitrogen and oxygen atoms in total. The molecule has 0 heterocycles. The number of likely N-dealkylation sites (N-methyl/N-ethyl adjacent to an activating group) is 1. The maximum atomic E-state index is 12.5. The lowest BCUT2D eigenvalue weighted by molar-refractivity contribution is -0.145. The van der Waals surface area contributed by atoms with Gasteiger partial charge in [0.15, 0.2) is 0 Å². The number of nitrogens with one attached hydrogen (secondary N) is 1. The largest absolute Gasteiger partial charge is 0.461 e. The number of carbonyl (C=O) groups excluding carboxylic acids is 2. The number of amides is 1. The minimum Gasteiger partial charge on any atom is -0.461 e. The summed E-state index contributed by atoms with van der Waals surface area (Å²) in [7, 11) is 3.86. The molecule has 40 heavy (non-hydrogen) atoms. The van der Waals surface area contributed by atoms with E-state index in [9.17, 15) is 9.59 Å². The molecule has 1 N–H and O–H groups in total. The fraction of sp³-hybridized carbons (Fsp3) is 0.412. The highest BCUT2D eigenvalue weighted by atomic mass is 16.5. The third-order valence-electron chi connectivity index (χ3n) is 6.63. The van der Waals surface area contributed by atoms with Crippen LogP contribution in [0.2, 0.25) is 0 Å². The summed E-state index contributed by atoms with van der Waals surface area (Å²) in [6, 6.07) is 28.3. The van der Waals surface area contributed by atoms with Crippen molar-refractivity contribution in [2.24, 2.45) is 0 Å². The topological polar surface area (TPSA) is 67.9 Å². The van der Waals surface area contributed by atoms with E-state index in [0.29, 0.717) is 19.6 Å². The lowest BCUT2D eigenvalue weighted by atomic mass is 10.0. The quantitative estimate of drug-likeness (QED) is 0.148. The number of benzene rings is 3. The molecule has 0 fully saturated rings. The smallest absolute Gasteiger partial charge is 0.308 e. The molecule has 1 amide bonds. The predicted octanol–water partition coefficient (Wildman–Crippen LogP) is 6.39. The highest BCUT2D eigenvalue weighted by molar-refractivity contribution is 5.77. The number of hydrogen-bond donors (Lipinski definition) is 1. The fourth-order valence-corrected chi connectivity index (χ4v) is 4.53. The first kappa shape index (κ1) is 31.1. The molecule has 3 aromatic carbocycles. The van der Waals surface area contributed by atoms with Crippen molar-refractivity contribution in [3.8, 4) is 11.1 Å². The Morgan fingerprint density at radius 1 is 0.725 bits per heavy atom. The molecule has 0 aliphatic carbocycles. The fourth-order valence-electron chi connectivity index (χ4n) is 4.53. The van der Waals surface area contributed by atoms with E-state index < -0.39 is 0 Å². The Morgan fingerprint density at radius 3 is 2.02 bits per heavy atom. The predicted molar refractivity (Wildman–Crippen MR) is 161 cm³/mol. The van der Waals surface area contributed by atoms with Crippen molar-refractivity contribution in [3.63, 3.8) is 0 Å². The first-order valence-corrected chi connectivity index (χ1v) is 14.4. The van der Waals surface area contributed by atoms with Crippen molar-refractivity contribution < 1.29 is 19.1 Å². The lowest BCUT2D eigenvalue weighted by Gasteiger charge is -2.22. The molecule has 1 atom stereocenters. The highest BCUT2D eigenvalue weighted by Crippen LogP contribution is 2.19. The van der Waals surface area contributed by atoms with Gasteiger partial charge in [0.25, 0.3) is 0 Å². The van der Waals surface area contributed by atoms with Crippen molar-refractivity contribution in [1.29, 1.82) is 0 Å². The average molecular weight is 545 g/mol. The summed E-state index contributed by atoms with van der Waals surface area (Å²) in [5.41, 5.74) is 4.57. The van der Waals surface area contributed by atoms with Gasteiger partial charge in [-0.1, -0.05) is 104 Å². The van der Waals surface area contributed by atoms with Crippen molar-refractivity contribution in [2.75, 3.05) is 27.2 Å². The van der Waals surface area contributed by atoms with Gasteiger partial charge in [-0.2, -0.15) is 0 Å². The number of carbonyl (C=O) groups is 2. The molecule has 0 aromatic heterocycles. The molecule has 0 radical (unpaired) electrons. The standard InChI is InChI=1S/C34H44N2O4/c1-36(2)25-32(24-34(38)40-27-28-14-8-6-9-15-28)35-33(37)18-12-4-3-5-13-23-39-26-29-19-21-31(22-20-29)30-16-10-7-11-17-30/h6-11,14-17,19-22,32H,3-5,12-13,18,23-27H2,1-2H3,(H,35,37). The van der Waals surface area contributed by atoms with Gasteiger partial charge in [0.05, 0.1) is 19.1 Å². The maximum Gasteiger partial charge on any atom is 0.308 e. The van der Waals surface area contributed by atoms with Crippen LogP contribution in [0.5, 0.6) is 0 Å². The van der Waals surface area contributed by atoms with Crippen LogP contribution in [-0.2, 0) is 32.3 Å². The van der Waals surface area contributed by atoms with Gasteiger partial charge in [-0.15, -0.1) is 0 Å². The molecule has 6 heteroatoms. The van der Waals surface area contributed by atoms with Crippen LogP contribution in [-0.4, -0.2) is 50.1 Å². The summed E-state index contributed by atoms with van der Waals surface area (Å²) in [6.07, 6.45) is 5.66. The Balaban J connectivity index is 1.22. The molecule has 0 saturated carbocycles. The van der Waals surface area contributed by atoms with Crippen molar-refractivity contribution in [1.82, 2.24) is 10.2 Å². The summed E-state index contributed by atoms with van der Waals surface area (Å²) in [5, 5.41) is 3.02. The minimum atomic E-state index is -0.303. The second-order valence-electron chi connectivity index (χ2n) is 10.5. The number of hydrogen-bond acceptors (Lipinski definition) is 5. The SMILES string of the molecule is CN(C)CC(CC(=O)OCc1ccccc1)NC(=O)CCCCCCCOCc1ccc(-c2ccccc2)cc1. The Labute approximate surface area is 239 Å². The molecule has 3 aromatic rings. The van der Waals surface area contributed by atoms with Gasteiger partial charge in [0, 0.05) is 19.6 Å². The Kier molecular flexibility index (Phi) is 14.0. The van der Waals surface area contributed by atoms with Crippen molar-refractivity contribution >= 4 is 11.9 Å². The van der Waals surface area contributed by atoms with Crippen LogP contribution in [0.1, 0.15) is 56.1 Å². The number of esters is 1. The van der Waals surface area contributed by atoms with E-state index in [0.717, 1.165) is 44.3 Å². The summed E-state index contributed by atoms with van der Waals surface area (Å²) in [6.45, 7) is 2.20. The van der Waals surface area contributed by atoms with Crippen LogP contribution < -0.4 is 5.32 Å².